The van der Waals surface area contributed by atoms with Crippen LogP contribution in [-0.4, -0.2) is 58.4 Å². The number of unbranched alkanes of at least 4 members (excludes halogenated alkanes) is 2. The van der Waals surface area contributed by atoms with Gasteiger partial charge in [-0.3, -0.25) is 19.7 Å². The lowest BCUT2D eigenvalue weighted by Gasteiger charge is -2.36. The van der Waals surface area contributed by atoms with Crippen LogP contribution in [0.1, 0.15) is 36.8 Å². The number of piperazine rings is 1. The van der Waals surface area contributed by atoms with Gasteiger partial charge >= 0.3 is 0 Å². The molecule has 6 heteroatoms. The second-order valence-electron chi connectivity index (χ2n) is 9.26. The predicted octanol–water partition coefficient (Wildman–Crippen LogP) is 4.37. The number of pyridine rings is 2. The van der Waals surface area contributed by atoms with Crippen molar-refractivity contribution in [3.8, 4) is 11.3 Å². The molecule has 0 saturated carbocycles. The fraction of sp³-hybridized carbons (Fsp3) is 0.393. The van der Waals surface area contributed by atoms with E-state index in [1.54, 1.807) is 0 Å². The molecule has 2 aliphatic heterocycles. The number of rotatable bonds is 8. The Morgan fingerprint density at radius 1 is 0.794 bits per heavy atom. The number of aromatic nitrogens is 2. The third-order valence-electron chi connectivity index (χ3n) is 7.01. The van der Waals surface area contributed by atoms with E-state index in [2.05, 4.69) is 50.1 Å². The Labute approximate surface area is 202 Å². The zero-order valence-electron chi connectivity index (χ0n) is 19.8. The van der Waals surface area contributed by atoms with Crippen LogP contribution >= 0.6 is 0 Å². The molecule has 0 N–H and O–H groups in total. The third-order valence-corrected chi connectivity index (χ3v) is 7.01. The predicted molar refractivity (Wildman–Crippen MR) is 135 cm³/mol. The van der Waals surface area contributed by atoms with E-state index in [-0.39, 0.29) is 0 Å². The SMILES string of the molecule is O=C(CCCCCN1CCN(c2cccnc2-c2ccncc2)CC1)N1Cc2ccccc2C1. The minimum absolute atomic E-state index is 0.297. The summed E-state index contributed by atoms with van der Waals surface area (Å²) >= 11 is 0. The average Bonchev–Trinajstić information content (AvgIpc) is 3.34. The Balaban J connectivity index is 1.02. The van der Waals surface area contributed by atoms with Crippen molar-refractivity contribution < 1.29 is 4.79 Å². The van der Waals surface area contributed by atoms with E-state index in [4.69, 9.17) is 0 Å². The van der Waals surface area contributed by atoms with Gasteiger partial charge < -0.3 is 9.80 Å². The van der Waals surface area contributed by atoms with Crippen molar-refractivity contribution in [2.45, 2.75) is 38.8 Å². The summed E-state index contributed by atoms with van der Waals surface area (Å²) in [5.41, 5.74) is 5.95. The molecule has 3 aromatic rings. The van der Waals surface area contributed by atoms with Crippen LogP contribution in [0.15, 0.2) is 67.1 Å². The molecule has 0 radical (unpaired) electrons. The summed E-state index contributed by atoms with van der Waals surface area (Å²) in [4.78, 5) is 28.4. The summed E-state index contributed by atoms with van der Waals surface area (Å²) in [6.07, 6.45) is 9.43. The van der Waals surface area contributed by atoms with E-state index in [0.29, 0.717) is 12.3 Å². The summed E-state index contributed by atoms with van der Waals surface area (Å²) in [6, 6.07) is 16.6. The maximum absolute atomic E-state index is 12.6. The van der Waals surface area contributed by atoms with Crippen molar-refractivity contribution in [2.24, 2.45) is 0 Å². The van der Waals surface area contributed by atoms with Gasteiger partial charge in [-0.25, -0.2) is 0 Å². The number of benzene rings is 1. The lowest BCUT2D eigenvalue weighted by atomic mass is 10.1. The highest BCUT2D eigenvalue weighted by Gasteiger charge is 2.23. The molecule has 5 rings (SSSR count). The summed E-state index contributed by atoms with van der Waals surface area (Å²) in [6.45, 7) is 6.82. The molecular formula is C28H33N5O. The number of hydrogen-bond donors (Lipinski definition) is 0. The Bertz CT molecular complexity index is 1070. The fourth-order valence-corrected chi connectivity index (χ4v) is 5.05. The zero-order chi connectivity index (χ0) is 23.2. The summed E-state index contributed by atoms with van der Waals surface area (Å²) in [5.74, 6) is 0.297. The Morgan fingerprint density at radius 3 is 2.26 bits per heavy atom. The molecule has 1 amide bonds. The molecule has 1 aromatic carbocycles. The summed E-state index contributed by atoms with van der Waals surface area (Å²) in [5, 5.41) is 0. The normalized spacial score (nSPS) is 16.0. The van der Waals surface area contributed by atoms with Crippen LogP contribution in [0.4, 0.5) is 5.69 Å². The van der Waals surface area contributed by atoms with E-state index >= 15 is 0 Å². The Hall–Kier alpha value is -3.25. The molecule has 2 aromatic heterocycles. The van der Waals surface area contributed by atoms with Gasteiger partial charge in [0.1, 0.15) is 0 Å². The zero-order valence-corrected chi connectivity index (χ0v) is 19.8. The van der Waals surface area contributed by atoms with Crippen molar-refractivity contribution >= 4 is 11.6 Å². The summed E-state index contributed by atoms with van der Waals surface area (Å²) in [7, 11) is 0. The Kier molecular flexibility index (Phi) is 7.15. The number of carbonyl (C=O) groups is 1. The van der Waals surface area contributed by atoms with Crippen LogP contribution in [0.3, 0.4) is 0 Å². The highest BCUT2D eigenvalue weighted by molar-refractivity contribution is 5.77. The monoisotopic (exact) mass is 455 g/mol. The quantitative estimate of drug-likeness (QED) is 0.472. The number of hydrogen-bond acceptors (Lipinski definition) is 5. The van der Waals surface area contributed by atoms with E-state index in [1.165, 1.54) is 16.8 Å². The molecule has 0 atom stereocenters. The molecule has 0 spiro atoms. The molecule has 2 aliphatic rings. The molecular weight excluding hydrogens is 422 g/mol. The number of carbonyl (C=O) groups excluding carboxylic acids is 1. The molecule has 34 heavy (non-hydrogen) atoms. The molecule has 176 valence electrons. The molecule has 0 aliphatic carbocycles. The first-order valence-electron chi connectivity index (χ1n) is 12.5. The van der Waals surface area contributed by atoms with E-state index < -0.39 is 0 Å². The molecule has 1 fully saturated rings. The maximum atomic E-state index is 12.6. The highest BCUT2D eigenvalue weighted by atomic mass is 16.2. The van der Waals surface area contributed by atoms with Gasteiger partial charge in [0.25, 0.3) is 0 Å². The van der Waals surface area contributed by atoms with Crippen molar-refractivity contribution in [2.75, 3.05) is 37.6 Å². The van der Waals surface area contributed by atoms with Crippen molar-refractivity contribution in [1.29, 1.82) is 0 Å². The van der Waals surface area contributed by atoms with Gasteiger partial charge in [-0.2, -0.15) is 0 Å². The first-order chi connectivity index (χ1) is 16.8. The van der Waals surface area contributed by atoms with Crippen molar-refractivity contribution in [3.05, 3.63) is 78.2 Å². The van der Waals surface area contributed by atoms with E-state index in [1.807, 2.05) is 41.7 Å². The molecule has 0 unspecified atom stereocenters. The van der Waals surface area contributed by atoms with Crippen LogP contribution in [0, 0.1) is 0 Å². The lowest BCUT2D eigenvalue weighted by Crippen LogP contribution is -2.46. The minimum atomic E-state index is 0.297. The fourth-order valence-electron chi connectivity index (χ4n) is 5.05. The standard InChI is InChI=1S/C28H33N5O/c34-27(33-21-24-7-3-4-8-25(24)22-33)10-2-1-5-16-31-17-19-32(20-18-31)26-9-6-13-30-28(26)23-11-14-29-15-12-23/h3-4,6-9,11-15H,1-2,5,10,16-22H2. The lowest BCUT2D eigenvalue weighted by molar-refractivity contribution is -0.131. The molecule has 4 heterocycles. The highest BCUT2D eigenvalue weighted by Crippen LogP contribution is 2.29. The van der Waals surface area contributed by atoms with Crippen LogP contribution in [0.2, 0.25) is 0 Å². The smallest absolute Gasteiger partial charge is 0.223 e. The average molecular weight is 456 g/mol. The van der Waals surface area contributed by atoms with Gasteiger partial charge in [0.05, 0.1) is 11.4 Å². The second kappa shape index (κ2) is 10.8. The first kappa shape index (κ1) is 22.5. The summed E-state index contributed by atoms with van der Waals surface area (Å²) < 4.78 is 0. The van der Waals surface area contributed by atoms with Gasteiger partial charge in [0.2, 0.25) is 5.91 Å². The van der Waals surface area contributed by atoms with Crippen LogP contribution < -0.4 is 4.90 Å². The van der Waals surface area contributed by atoms with Gasteiger partial charge in [0, 0.05) is 69.8 Å². The second-order valence-corrected chi connectivity index (χ2v) is 9.26. The maximum Gasteiger partial charge on any atom is 0.223 e. The topological polar surface area (TPSA) is 52.6 Å². The number of anilines is 1. The van der Waals surface area contributed by atoms with Crippen LogP contribution in [0.25, 0.3) is 11.3 Å². The van der Waals surface area contributed by atoms with E-state index in [9.17, 15) is 4.79 Å². The van der Waals surface area contributed by atoms with Gasteiger partial charge in [0.15, 0.2) is 0 Å². The largest absolute Gasteiger partial charge is 0.367 e. The van der Waals surface area contributed by atoms with Crippen molar-refractivity contribution in [1.82, 2.24) is 19.8 Å². The third kappa shape index (κ3) is 5.28. The molecule has 6 nitrogen and oxygen atoms in total. The van der Waals surface area contributed by atoms with Crippen LogP contribution in [0.5, 0.6) is 0 Å². The van der Waals surface area contributed by atoms with Crippen molar-refractivity contribution in [3.63, 3.8) is 0 Å². The number of nitrogens with zero attached hydrogens (tertiary/aromatic N) is 5. The van der Waals surface area contributed by atoms with E-state index in [0.717, 1.165) is 76.3 Å². The van der Waals surface area contributed by atoms with Gasteiger partial charge in [-0.1, -0.05) is 30.7 Å². The van der Waals surface area contributed by atoms with Gasteiger partial charge in [-0.05, 0) is 54.8 Å². The van der Waals surface area contributed by atoms with Gasteiger partial charge in [-0.15, -0.1) is 0 Å². The first-order valence-corrected chi connectivity index (χ1v) is 12.5. The minimum Gasteiger partial charge on any atom is -0.367 e. The number of amides is 1. The molecule has 1 saturated heterocycles. The Morgan fingerprint density at radius 2 is 1.53 bits per heavy atom. The number of fused-ring (bicyclic) bond motifs is 1. The molecule has 0 bridgehead atoms. The van der Waals surface area contributed by atoms with Crippen LogP contribution in [-0.2, 0) is 17.9 Å².